The number of nitrogens with one attached hydrogen (secondary N) is 1. The molecule has 5 heteroatoms. The molecular weight excluding hydrogens is 356 g/mol. The molecule has 3 rings (SSSR count). The molecule has 4 nitrogen and oxygen atoms in total. The molecule has 1 aliphatic heterocycles. The molecule has 0 bridgehead atoms. The van der Waals surface area contributed by atoms with Gasteiger partial charge in [0.05, 0.1) is 10.6 Å². The molecule has 0 amide bonds. The second kappa shape index (κ2) is 8.72. The van der Waals surface area contributed by atoms with Crippen molar-refractivity contribution in [3.8, 4) is 0 Å². The van der Waals surface area contributed by atoms with Gasteiger partial charge in [-0.15, -0.1) is 0 Å². The molecule has 27 heavy (non-hydrogen) atoms. The highest BCUT2D eigenvalue weighted by Gasteiger charge is 2.22. The highest BCUT2D eigenvalue weighted by Crippen LogP contribution is 2.25. The number of benzene rings is 2. The molecule has 1 fully saturated rings. The third-order valence-corrected chi connectivity index (χ3v) is 7.05. The number of sulfone groups is 1. The minimum Gasteiger partial charge on any atom is -0.362 e. The van der Waals surface area contributed by atoms with Gasteiger partial charge in [0.15, 0.2) is 9.84 Å². The van der Waals surface area contributed by atoms with E-state index in [1.165, 1.54) is 18.4 Å². The molecule has 0 radical (unpaired) electrons. The Labute approximate surface area is 162 Å². The monoisotopic (exact) mass is 384 g/mol. The first kappa shape index (κ1) is 19.6. The van der Waals surface area contributed by atoms with Gasteiger partial charge in [0, 0.05) is 11.7 Å². The van der Waals surface area contributed by atoms with Crippen molar-refractivity contribution in [2.45, 2.75) is 36.6 Å². The highest BCUT2D eigenvalue weighted by atomic mass is 32.2. The normalized spacial score (nSPS) is 17.7. The number of anilines is 1. The Morgan fingerprint density at radius 1 is 1.22 bits per heavy atom. The molecular formula is C22H28N2O2S. The summed E-state index contributed by atoms with van der Waals surface area (Å²) in [5.74, 6) is 0.119. The molecule has 2 aromatic rings. The van der Waals surface area contributed by atoms with E-state index in [-0.39, 0.29) is 5.75 Å². The van der Waals surface area contributed by atoms with E-state index >= 15 is 0 Å². The number of aryl methyl sites for hydroxylation is 1. The minimum atomic E-state index is -3.26. The quantitative estimate of drug-likeness (QED) is 0.750. The summed E-state index contributed by atoms with van der Waals surface area (Å²) in [4.78, 5) is 2.80. The van der Waals surface area contributed by atoms with E-state index in [1.54, 1.807) is 30.5 Å². The van der Waals surface area contributed by atoms with Crippen LogP contribution in [0.4, 0.5) is 5.69 Å². The fraction of sp³-hybridized carbons (Fsp3) is 0.364. The van der Waals surface area contributed by atoms with Crippen LogP contribution in [0.1, 0.15) is 24.0 Å². The molecule has 1 aliphatic rings. The minimum absolute atomic E-state index is 0.119. The van der Waals surface area contributed by atoms with Crippen LogP contribution in [-0.4, -0.2) is 38.7 Å². The smallest absolute Gasteiger partial charge is 0.178 e. The molecule has 1 atom stereocenters. The zero-order valence-corrected chi connectivity index (χ0v) is 16.7. The van der Waals surface area contributed by atoms with Crippen molar-refractivity contribution >= 4 is 15.5 Å². The molecule has 1 N–H and O–H groups in total. The lowest BCUT2D eigenvalue weighted by atomic mass is 9.99. The molecule has 0 aromatic heterocycles. The lowest BCUT2D eigenvalue weighted by Crippen LogP contribution is -2.27. The Morgan fingerprint density at radius 2 is 2.00 bits per heavy atom. The van der Waals surface area contributed by atoms with Gasteiger partial charge in [0.2, 0.25) is 0 Å². The summed E-state index contributed by atoms with van der Waals surface area (Å²) in [6.07, 6.45) is 5.61. The summed E-state index contributed by atoms with van der Waals surface area (Å²) in [5.41, 5.74) is 3.34. The van der Waals surface area contributed by atoms with Crippen molar-refractivity contribution in [3.05, 3.63) is 72.4 Å². The van der Waals surface area contributed by atoms with Gasteiger partial charge in [0.25, 0.3) is 0 Å². The summed E-state index contributed by atoms with van der Waals surface area (Å²) in [5, 5.41) is 3.22. The molecule has 1 saturated heterocycles. The van der Waals surface area contributed by atoms with Crippen LogP contribution in [0.25, 0.3) is 0 Å². The van der Waals surface area contributed by atoms with Gasteiger partial charge >= 0.3 is 0 Å². The van der Waals surface area contributed by atoms with Crippen molar-refractivity contribution < 1.29 is 8.42 Å². The topological polar surface area (TPSA) is 49.4 Å². The average Bonchev–Trinajstić information content (AvgIpc) is 3.07. The Kier molecular flexibility index (Phi) is 6.34. The van der Waals surface area contributed by atoms with Gasteiger partial charge in [-0.25, -0.2) is 8.42 Å². The lowest BCUT2D eigenvalue weighted by Gasteiger charge is -2.21. The van der Waals surface area contributed by atoms with E-state index in [1.807, 2.05) is 18.2 Å². The SMILES string of the molecule is C=CNc1ccc(CCS(=O)(=O)c2ccccc2)cc1C[C@H]1CCCN1C. The van der Waals surface area contributed by atoms with Crippen molar-refractivity contribution in [1.29, 1.82) is 0 Å². The average molecular weight is 385 g/mol. The standard InChI is InChI=1S/C22H28N2O2S/c1-3-23-22-12-11-18(16-19(22)17-20-8-7-14-24(20)2)13-15-27(25,26)21-9-5-4-6-10-21/h3-6,9-12,16,20,23H,1,7-8,13-15,17H2,2H3/t20-/m1/s1. The Bertz CT molecular complexity index is 878. The third-order valence-electron chi connectivity index (χ3n) is 5.32. The maximum absolute atomic E-state index is 12.5. The molecule has 0 saturated carbocycles. The predicted molar refractivity (Wildman–Crippen MR) is 112 cm³/mol. The molecule has 0 unspecified atom stereocenters. The second-order valence-electron chi connectivity index (χ2n) is 7.20. The fourth-order valence-electron chi connectivity index (χ4n) is 3.71. The number of hydrogen-bond acceptors (Lipinski definition) is 4. The Morgan fingerprint density at radius 3 is 2.67 bits per heavy atom. The molecule has 2 aromatic carbocycles. The molecule has 0 spiro atoms. The zero-order chi connectivity index (χ0) is 19.3. The predicted octanol–water partition coefficient (Wildman–Crippen LogP) is 3.90. The fourth-order valence-corrected chi connectivity index (χ4v) is 5.02. The first-order valence-electron chi connectivity index (χ1n) is 9.47. The number of hydrogen-bond donors (Lipinski definition) is 1. The van der Waals surface area contributed by atoms with Crippen molar-refractivity contribution in [1.82, 2.24) is 4.90 Å². The van der Waals surface area contributed by atoms with Crippen LogP contribution in [0.2, 0.25) is 0 Å². The number of likely N-dealkylation sites (N-methyl/N-ethyl adjacent to an activating group) is 1. The van der Waals surface area contributed by atoms with Crippen LogP contribution in [-0.2, 0) is 22.7 Å². The number of likely N-dealkylation sites (tertiary alicyclic amines) is 1. The van der Waals surface area contributed by atoms with E-state index in [2.05, 4.69) is 29.9 Å². The van der Waals surface area contributed by atoms with E-state index in [9.17, 15) is 8.42 Å². The van der Waals surface area contributed by atoms with E-state index in [4.69, 9.17) is 0 Å². The Balaban J connectivity index is 1.75. The number of nitrogens with zero attached hydrogens (tertiary/aromatic N) is 1. The van der Waals surface area contributed by atoms with Crippen LogP contribution < -0.4 is 5.32 Å². The van der Waals surface area contributed by atoms with Gasteiger partial charge in [-0.05, 0) is 74.8 Å². The number of rotatable bonds is 8. The van der Waals surface area contributed by atoms with Crippen LogP contribution >= 0.6 is 0 Å². The largest absolute Gasteiger partial charge is 0.362 e. The van der Waals surface area contributed by atoms with Gasteiger partial charge in [0.1, 0.15) is 0 Å². The summed E-state index contributed by atoms with van der Waals surface area (Å²) in [7, 11) is -1.09. The zero-order valence-electron chi connectivity index (χ0n) is 15.9. The van der Waals surface area contributed by atoms with E-state index in [0.717, 1.165) is 24.2 Å². The van der Waals surface area contributed by atoms with Crippen molar-refractivity contribution in [2.24, 2.45) is 0 Å². The van der Waals surface area contributed by atoms with Crippen molar-refractivity contribution in [3.63, 3.8) is 0 Å². The first-order chi connectivity index (χ1) is 13.0. The summed E-state index contributed by atoms with van der Waals surface area (Å²) in [6.45, 7) is 4.91. The Hall–Kier alpha value is -2.11. The summed E-state index contributed by atoms with van der Waals surface area (Å²) in [6, 6.07) is 15.4. The van der Waals surface area contributed by atoms with Crippen LogP contribution in [0, 0.1) is 0 Å². The maximum atomic E-state index is 12.5. The van der Waals surface area contributed by atoms with Crippen molar-refractivity contribution in [2.75, 3.05) is 24.7 Å². The molecule has 144 valence electrons. The highest BCUT2D eigenvalue weighted by molar-refractivity contribution is 7.91. The summed E-state index contributed by atoms with van der Waals surface area (Å²) < 4.78 is 25.1. The van der Waals surface area contributed by atoms with Crippen LogP contribution in [0.15, 0.2) is 66.2 Å². The van der Waals surface area contributed by atoms with Gasteiger partial charge < -0.3 is 10.2 Å². The summed E-state index contributed by atoms with van der Waals surface area (Å²) >= 11 is 0. The second-order valence-corrected chi connectivity index (χ2v) is 9.31. The first-order valence-corrected chi connectivity index (χ1v) is 11.1. The van der Waals surface area contributed by atoms with Gasteiger partial charge in [-0.1, -0.05) is 36.9 Å². The van der Waals surface area contributed by atoms with E-state index in [0.29, 0.717) is 17.4 Å². The van der Waals surface area contributed by atoms with Crippen LogP contribution in [0.3, 0.4) is 0 Å². The maximum Gasteiger partial charge on any atom is 0.178 e. The lowest BCUT2D eigenvalue weighted by molar-refractivity contribution is 0.309. The van der Waals surface area contributed by atoms with Crippen LogP contribution in [0.5, 0.6) is 0 Å². The van der Waals surface area contributed by atoms with E-state index < -0.39 is 9.84 Å². The van der Waals surface area contributed by atoms with Gasteiger partial charge in [-0.3, -0.25) is 0 Å². The third kappa shape index (κ3) is 4.99. The molecule has 0 aliphatic carbocycles. The molecule has 1 heterocycles. The van der Waals surface area contributed by atoms with Gasteiger partial charge in [-0.2, -0.15) is 0 Å².